The Kier molecular flexibility index (Phi) is 7.51. The first kappa shape index (κ1) is 21.8. The Labute approximate surface area is 166 Å². The lowest BCUT2D eigenvalue weighted by Gasteiger charge is -2.36. The number of amides is 1. The monoisotopic (exact) mass is 392 g/mol. The van der Waals surface area contributed by atoms with Crippen LogP contribution in [0.2, 0.25) is 0 Å². The number of aliphatic hydroxyl groups is 1. The number of aliphatic imine (C=N–C) groups is 1. The molecule has 28 heavy (non-hydrogen) atoms. The number of carbonyl (C=O) groups is 1. The largest absolute Gasteiger partial charge is 0.491 e. The van der Waals surface area contributed by atoms with Crippen molar-refractivity contribution in [3.8, 4) is 5.75 Å². The molecule has 0 aliphatic carbocycles. The van der Waals surface area contributed by atoms with Crippen LogP contribution in [0.4, 0.5) is 4.79 Å². The molecule has 0 bridgehead atoms. The van der Waals surface area contributed by atoms with Crippen molar-refractivity contribution in [2.24, 2.45) is 10.7 Å². The number of aryl methyl sites for hydroxylation is 1. The minimum absolute atomic E-state index is 0.145. The van der Waals surface area contributed by atoms with E-state index in [9.17, 15) is 9.90 Å². The molecular formula is C20H32N4O4. The number of hydrogen-bond acceptors (Lipinski definition) is 5. The summed E-state index contributed by atoms with van der Waals surface area (Å²) in [6, 6.07) is 7.65. The maximum Gasteiger partial charge on any atom is 0.410 e. The van der Waals surface area contributed by atoms with Crippen LogP contribution in [-0.4, -0.2) is 78.0 Å². The standard InChI is InChI=1S/C20H32N4O4/c1-15-6-5-7-17(12-15)27-14-16(25)13-22-18(21)23-8-10-24(11-9-23)19(26)28-20(2,3)4/h5-7,12,16,25H,8-11,13-14H2,1-4H3,(H2,21,22). The minimum Gasteiger partial charge on any atom is -0.491 e. The predicted octanol–water partition coefficient (Wildman–Crippen LogP) is 1.60. The summed E-state index contributed by atoms with van der Waals surface area (Å²) in [5.74, 6) is 1.08. The van der Waals surface area contributed by atoms with Gasteiger partial charge < -0.3 is 30.1 Å². The highest BCUT2D eigenvalue weighted by molar-refractivity contribution is 5.78. The first-order valence-corrected chi connectivity index (χ1v) is 9.54. The van der Waals surface area contributed by atoms with Gasteiger partial charge in [-0.25, -0.2) is 4.79 Å². The van der Waals surface area contributed by atoms with E-state index in [-0.39, 0.29) is 19.2 Å². The molecule has 0 radical (unpaired) electrons. The number of nitrogens with zero attached hydrogens (tertiary/aromatic N) is 3. The smallest absolute Gasteiger partial charge is 0.410 e. The van der Waals surface area contributed by atoms with Crippen LogP contribution < -0.4 is 10.5 Å². The maximum atomic E-state index is 12.1. The van der Waals surface area contributed by atoms with Gasteiger partial charge in [0.1, 0.15) is 24.1 Å². The lowest BCUT2D eigenvalue weighted by atomic mass is 10.2. The quantitative estimate of drug-likeness (QED) is 0.583. The first-order valence-electron chi connectivity index (χ1n) is 9.54. The molecule has 1 saturated heterocycles. The molecule has 1 fully saturated rings. The van der Waals surface area contributed by atoms with E-state index in [1.54, 1.807) is 4.90 Å². The van der Waals surface area contributed by atoms with Gasteiger partial charge in [0.2, 0.25) is 0 Å². The maximum absolute atomic E-state index is 12.1. The van der Waals surface area contributed by atoms with E-state index in [0.29, 0.717) is 37.9 Å². The Morgan fingerprint density at radius 2 is 1.89 bits per heavy atom. The van der Waals surface area contributed by atoms with Gasteiger partial charge in [0, 0.05) is 26.2 Å². The lowest BCUT2D eigenvalue weighted by molar-refractivity contribution is 0.0186. The Hall–Kier alpha value is -2.48. The highest BCUT2D eigenvalue weighted by atomic mass is 16.6. The van der Waals surface area contributed by atoms with Crippen molar-refractivity contribution in [3.05, 3.63) is 29.8 Å². The number of carbonyl (C=O) groups excluding carboxylic acids is 1. The zero-order valence-corrected chi connectivity index (χ0v) is 17.2. The molecular weight excluding hydrogens is 360 g/mol. The van der Waals surface area contributed by atoms with E-state index in [4.69, 9.17) is 15.2 Å². The van der Waals surface area contributed by atoms with Gasteiger partial charge in [-0.15, -0.1) is 0 Å². The zero-order valence-electron chi connectivity index (χ0n) is 17.2. The fraction of sp³-hybridized carbons (Fsp3) is 0.600. The summed E-state index contributed by atoms with van der Waals surface area (Å²) >= 11 is 0. The zero-order chi connectivity index (χ0) is 20.7. The summed E-state index contributed by atoms with van der Waals surface area (Å²) < 4.78 is 11.0. The Morgan fingerprint density at radius 1 is 1.25 bits per heavy atom. The summed E-state index contributed by atoms with van der Waals surface area (Å²) in [5.41, 5.74) is 6.62. The molecule has 0 aromatic heterocycles. The van der Waals surface area contributed by atoms with Gasteiger partial charge in [-0.05, 0) is 45.4 Å². The van der Waals surface area contributed by atoms with Crippen molar-refractivity contribution in [2.45, 2.75) is 39.4 Å². The van der Waals surface area contributed by atoms with E-state index < -0.39 is 11.7 Å². The third-order valence-corrected chi connectivity index (χ3v) is 4.15. The molecule has 0 spiro atoms. The summed E-state index contributed by atoms with van der Waals surface area (Å²) in [6.45, 7) is 10.0. The van der Waals surface area contributed by atoms with Crippen LogP contribution in [0.1, 0.15) is 26.3 Å². The third kappa shape index (κ3) is 7.26. The van der Waals surface area contributed by atoms with Gasteiger partial charge in [0.25, 0.3) is 0 Å². The van der Waals surface area contributed by atoms with Crippen LogP contribution in [0, 0.1) is 6.92 Å². The van der Waals surface area contributed by atoms with Gasteiger partial charge >= 0.3 is 6.09 Å². The summed E-state index contributed by atoms with van der Waals surface area (Å²) in [5, 5.41) is 10.1. The Bertz CT molecular complexity index is 679. The van der Waals surface area contributed by atoms with Crippen molar-refractivity contribution in [1.29, 1.82) is 0 Å². The van der Waals surface area contributed by atoms with E-state index in [1.807, 2.05) is 56.9 Å². The SMILES string of the molecule is Cc1cccc(OCC(O)CN=C(N)N2CCN(C(=O)OC(C)(C)C)CC2)c1. The molecule has 1 aromatic rings. The van der Waals surface area contributed by atoms with Crippen molar-refractivity contribution in [3.63, 3.8) is 0 Å². The lowest BCUT2D eigenvalue weighted by Crippen LogP contribution is -2.53. The normalized spacial score (nSPS) is 16.7. The number of ether oxygens (including phenoxy) is 2. The van der Waals surface area contributed by atoms with Crippen molar-refractivity contribution in [1.82, 2.24) is 9.80 Å². The molecule has 8 nitrogen and oxygen atoms in total. The van der Waals surface area contributed by atoms with Crippen LogP contribution in [0.25, 0.3) is 0 Å². The number of hydrogen-bond donors (Lipinski definition) is 2. The number of aliphatic hydroxyl groups excluding tert-OH is 1. The van der Waals surface area contributed by atoms with Crippen LogP contribution >= 0.6 is 0 Å². The predicted molar refractivity (Wildman–Crippen MR) is 109 cm³/mol. The van der Waals surface area contributed by atoms with Crippen molar-refractivity contribution < 1.29 is 19.4 Å². The molecule has 1 amide bonds. The fourth-order valence-electron chi connectivity index (χ4n) is 2.69. The van der Waals surface area contributed by atoms with Gasteiger partial charge in [0.15, 0.2) is 5.96 Å². The number of rotatable bonds is 5. The highest BCUT2D eigenvalue weighted by Crippen LogP contribution is 2.13. The minimum atomic E-state index is -0.748. The molecule has 3 N–H and O–H groups in total. The van der Waals surface area contributed by atoms with Crippen molar-refractivity contribution >= 4 is 12.1 Å². The average molecular weight is 393 g/mol. The molecule has 0 saturated carbocycles. The number of piperazine rings is 1. The van der Waals surface area contributed by atoms with Crippen molar-refractivity contribution in [2.75, 3.05) is 39.3 Å². The number of benzene rings is 1. The number of guanidine groups is 1. The molecule has 1 aliphatic heterocycles. The average Bonchev–Trinajstić information content (AvgIpc) is 2.63. The van der Waals surface area contributed by atoms with E-state index in [0.717, 1.165) is 5.56 Å². The molecule has 8 heteroatoms. The summed E-state index contributed by atoms with van der Waals surface area (Å²) in [4.78, 5) is 19.9. The van der Waals surface area contributed by atoms with Gasteiger partial charge in [0.05, 0.1) is 6.54 Å². The third-order valence-electron chi connectivity index (χ3n) is 4.15. The van der Waals surface area contributed by atoms with Crippen LogP contribution in [0.15, 0.2) is 29.3 Å². The van der Waals surface area contributed by atoms with E-state index in [1.165, 1.54) is 0 Å². The van der Waals surface area contributed by atoms with E-state index in [2.05, 4.69) is 4.99 Å². The molecule has 2 rings (SSSR count). The second-order valence-electron chi connectivity index (χ2n) is 7.93. The van der Waals surface area contributed by atoms with E-state index >= 15 is 0 Å². The topological polar surface area (TPSA) is 101 Å². The molecule has 156 valence electrons. The number of nitrogens with two attached hydrogens (primary N) is 1. The second kappa shape index (κ2) is 9.64. The summed E-state index contributed by atoms with van der Waals surface area (Å²) in [6.07, 6.45) is -1.06. The second-order valence-corrected chi connectivity index (χ2v) is 7.93. The van der Waals surface area contributed by atoms with Gasteiger partial charge in [-0.2, -0.15) is 0 Å². The fourth-order valence-corrected chi connectivity index (χ4v) is 2.69. The first-order chi connectivity index (χ1) is 13.1. The Morgan fingerprint density at radius 3 is 2.50 bits per heavy atom. The van der Waals surface area contributed by atoms with Crippen LogP contribution in [-0.2, 0) is 4.74 Å². The summed E-state index contributed by atoms with van der Waals surface area (Å²) in [7, 11) is 0. The highest BCUT2D eigenvalue weighted by Gasteiger charge is 2.26. The Balaban J connectivity index is 1.74. The molecule has 1 atom stereocenters. The molecule has 1 heterocycles. The molecule has 1 aromatic carbocycles. The van der Waals surface area contributed by atoms with Crippen LogP contribution in [0.5, 0.6) is 5.75 Å². The molecule has 1 aliphatic rings. The molecule has 1 unspecified atom stereocenters. The van der Waals surface area contributed by atoms with Crippen LogP contribution in [0.3, 0.4) is 0 Å². The van der Waals surface area contributed by atoms with Gasteiger partial charge in [-0.1, -0.05) is 12.1 Å². The van der Waals surface area contributed by atoms with Gasteiger partial charge in [-0.3, -0.25) is 4.99 Å².